The fraction of sp³-hybridized carbons (Fsp3) is 0.318. The Kier molecular flexibility index (Phi) is 8.21. The summed E-state index contributed by atoms with van der Waals surface area (Å²) in [5.74, 6) is 0.415. The molecule has 148 valence electrons. The predicted octanol–water partition coefficient (Wildman–Crippen LogP) is 3.02. The minimum atomic E-state index is -0.166. The zero-order valence-electron chi connectivity index (χ0n) is 16.6. The van der Waals surface area contributed by atoms with Crippen LogP contribution in [-0.4, -0.2) is 42.1 Å². The Bertz CT molecular complexity index is 798. The van der Waals surface area contributed by atoms with Crippen LogP contribution in [0.3, 0.4) is 0 Å². The van der Waals surface area contributed by atoms with Crippen molar-refractivity contribution in [3.63, 3.8) is 0 Å². The summed E-state index contributed by atoms with van der Waals surface area (Å²) >= 11 is 0. The first-order valence-electron chi connectivity index (χ1n) is 9.41. The summed E-state index contributed by atoms with van der Waals surface area (Å²) in [6.07, 6.45) is 0.283. The smallest absolute Gasteiger partial charge is 0.260 e. The lowest BCUT2D eigenvalue weighted by molar-refractivity contribution is -0.133. The molecule has 0 aliphatic carbocycles. The lowest BCUT2D eigenvalue weighted by Gasteiger charge is -2.18. The van der Waals surface area contributed by atoms with Crippen LogP contribution >= 0.6 is 0 Å². The third-order valence-corrected chi connectivity index (χ3v) is 4.31. The molecule has 0 saturated carbocycles. The summed E-state index contributed by atoms with van der Waals surface area (Å²) in [7, 11) is 0. The van der Waals surface area contributed by atoms with E-state index in [0.717, 1.165) is 11.1 Å². The maximum atomic E-state index is 12.0. The van der Waals surface area contributed by atoms with Gasteiger partial charge in [0.2, 0.25) is 5.91 Å². The van der Waals surface area contributed by atoms with Crippen molar-refractivity contribution in [1.29, 1.82) is 0 Å². The molecular weight excluding hydrogens is 354 g/mol. The minimum absolute atomic E-state index is 0.0175. The standard InChI is InChI=1S/C22H27N3O3/c1-4-25(5-2)22(27)16-28-20-13-11-19(12-14-20)17(3)23-24-21(26)15-18-9-7-6-8-10-18/h6-14H,4-5,15-16H2,1-3H3,(H,24,26)/b23-17+. The van der Waals surface area contributed by atoms with Crippen molar-refractivity contribution in [2.45, 2.75) is 27.2 Å². The van der Waals surface area contributed by atoms with Gasteiger partial charge in [-0.1, -0.05) is 30.3 Å². The number of hydrogen-bond donors (Lipinski definition) is 1. The monoisotopic (exact) mass is 381 g/mol. The first-order chi connectivity index (χ1) is 13.5. The third kappa shape index (κ3) is 6.54. The zero-order valence-corrected chi connectivity index (χ0v) is 16.6. The fourth-order valence-electron chi connectivity index (χ4n) is 2.64. The van der Waals surface area contributed by atoms with Crippen molar-refractivity contribution in [3.8, 4) is 5.75 Å². The molecule has 2 aromatic rings. The van der Waals surface area contributed by atoms with E-state index in [1.54, 1.807) is 17.0 Å². The summed E-state index contributed by atoms with van der Waals surface area (Å²) in [6, 6.07) is 16.8. The van der Waals surface area contributed by atoms with E-state index < -0.39 is 0 Å². The van der Waals surface area contributed by atoms with Gasteiger partial charge in [0.15, 0.2) is 6.61 Å². The van der Waals surface area contributed by atoms with Crippen molar-refractivity contribution in [2.24, 2.45) is 5.10 Å². The summed E-state index contributed by atoms with van der Waals surface area (Å²) in [5, 5.41) is 4.16. The van der Waals surface area contributed by atoms with Crippen LogP contribution in [0.4, 0.5) is 0 Å². The molecule has 0 bridgehead atoms. The van der Waals surface area contributed by atoms with Crippen LogP contribution in [0.1, 0.15) is 31.9 Å². The van der Waals surface area contributed by atoms with E-state index in [-0.39, 0.29) is 24.8 Å². The van der Waals surface area contributed by atoms with Crippen LogP contribution in [0.25, 0.3) is 0 Å². The second-order valence-corrected chi connectivity index (χ2v) is 6.27. The molecule has 6 nitrogen and oxygen atoms in total. The summed E-state index contributed by atoms with van der Waals surface area (Å²) in [4.78, 5) is 25.7. The molecule has 1 N–H and O–H groups in total. The van der Waals surface area contributed by atoms with E-state index in [1.807, 2.05) is 63.2 Å². The van der Waals surface area contributed by atoms with Crippen LogP contribution in [0.15, 0.2) is 59.7 Å². The Hall–Kier alpha value is -3.15. The quantitative estimate of drug-likeness (QED) is 0.536. The number of rotatable bonds is 9. The largest absolute Gasteiger partial charge is 0.484 e. The van der Waals surface area contributed by atoms with Crippen molar-refractivity contribution < 1.29 is 14.3 Å². The third-order valence-electron chi connectivity index (χ3n) is 4.31. The second-order valence-electron chi connectivity index (χ2n) is 6.27. The van der Waals surface area contributed by atoms with Gasteiger partial charge in [-0.25, -0.2) is 5.43 Å². The van der Waals surface area contributed by atoms with Crippen molar-refractivity contribution >= 4 is 17.5 Å². The number of ether oxygens (including phenoxy) is 1. The first-order valence-corrected chi connectivity index (χ1v) is 9.41. The normalized spacial score (nSPS) is 11.0. The van der Waals surface area contributed by atoms with Gasteiger partial charge in [0.25, 0.3) is 5.91 Å². The molecule has 0 aliphatic rings. The molecule has 28 heavy (non-hydrogen) atoms. The molecular formula is C22H27N3O3. The molecule has 0 radical (unpaired) electrons. The van der Waals surface area contributed by atoms with E-state index in [0.29, 0.717) is 24.6 Å². The number of hydrogen-bond acceptors (Lipinski definition) is 4. The Balaban J connectivity index is 1.86. The molecule has 6 heteroatoms. The van der Waals surface area contributed by atoms with Crippen molar-refractivity contribution in [3.05, 3.63) is 65.7 Å². The number of carbonyl (C=O) groups is 2. The topological polar surface area (TPSA) is 71.0 Å². The molecule has 2 rings (SSSR count). The number of benzene rings is 2. The van der Waals surface area contributed by atoms with Crippen molar-refractivity contribution in [1.82, 2.24) is 10.3 Å². The molecule has 0 aromatic heterocycles. The average Bonchev–Trinajstić information content (AvgIpc) is 2.72. The van der Waals surface area contributed by atoms with Gasteiger partial charge in [-0.3, -0.25) is 9.59 Å². The maximum absolute atomic E-state index is 12.0. The Morgan fingerprint density at radius 1 is 1.00 bits per heavy atom. The minimum Gasteiger partial charge on any atom is -0.484 e. The van der Waals surface area contributed by atoms with E-state index in [1.165, 1.54) is 0 Å². The van der Waals surface area contributed by atoms with Gasteiger partial charge in [-0.2, -0.15) is 5.10 Å². The van der Waals surface area contributed by atoms with Gasteiger partial charge in [0.05, 0.1) is 12.1 Å². The Labute approximate surface area is 166 Å². The number of nitrogens with zero attached hydrogens (tertiary/aromatic N) is 2. The fourth-order valence-corrected chi connectivity index (χ4v) is 2.64. The molecule has 0 fully saturated rings. The van der Waals surface area contributed by atoms with Crippen LogP contribution < -0.4 is 10.2 Å². The van der Waals surface area contributed by atoms with Crippen LogP contribution in [0.5, 0.6) is 5.75 Å². The summed E-state index contributed by atoms with van der Waals surface area (Å²) in [5.41, 5.74) is 5.07. The highest BCUT2D eigenvalue weighted by molar-refractivity contribution is 5.99. The highest BCUT2D eigenvalue weighted by Gasteiger charge is 2.10. The van der Waals surface area contributed by atoms with E-state index in [4.69, 9.17) is 4.74 Å². The lowest BCUT2D eigenvalue weighted by Crippen LogP contribution is -2.34. The number of likely N-dealkylation sites (N-methyl/N-ethyl adjacent to an activating group) is 1. The maximum Gasteiger partial charge on any atom is 0.260 e. The van der Waals surface area contributed by atoms with Gasteiger partial charge in [0.1, 0.15) is 5.75 Å². The van der Waals surface area contributed by atoms with Gasteiger partial charge < -0.3 is 9.64 Å². The van der Waals surface area contributed by atoms with Gasteiger partial charge in [-0.15, -0.1) is 0 Å². The average molecular weight is 381 g/mol. The van der Waals surface area contributed by atoms with Gasteiger partial charge >= 0.3 is 0 Å². The highest BCUT2D eigenvalue weighted by atomic mass is 16.5. The van der Waals surface area contributed by atoms with Crippen LogP contribution in [-0.2, 0) is 16.0 Å². The second kappa shape index (κ2) is 10.9. The van der Waals surface area contributed by atoms with E-state index >= 15 is 0 Å². The molecule has 0 atom stereocenters. The molecule has 0 heterocycles. The molecule has 0 unspecified atom stereocenters. The van der Waals surface area contributed by atoms with Crippen molar-refractivity contribution in [2.75, 3.05) is 19.7 Å². The van der Waals surface area contributed by atoms with Crippen LogP contribution in [0.2, 0.25) is 0 Å². The molecule has 0 spiro atoms. The Morgan fingerprint density at radius 3 is 2.25 bits per heavy atom. The molecule has 0 saturated heterocycles. The lowest BCUT2D eigenvalue weighted by atomic mass is 10.1. The number of carbonyl (C=O) groups excluding carboxylic acids is 2. The van der Waals surface area contributed by atoms with E-state index in [9.17, 15) is 9.59 Å². The van der Waals surface area contributed by atoms with E-state index in [2.05, 4.69) is 10.5 Å². The Morgan fingerprint density at radius 2 is 1.64 bits per heavy atom. The molecule has 2 aromatic carbocycles. The van der Waals surface area contributed by atoms with Gasteiger partial charge in [-0.05, 0) is 56.2 Å². The predicted molar refractivity (Wildman–Crippen MR) is 110 cm³/mol. The SMILES string of the molecule is CCN(CC)C(=O)COc1ccc(/C(C)=N/NC(=O)Cc2ccccc2)cc1. The highest BCUT2D eigenvalue weighted by Crippen LogP contribution is 2.13. The summed E-state index contributed by atoms with van der Waals surface area (Å²) in [6.45, 7) is 7.06. The van der Waals surface area contributed by atoms with Crippen LogP contribution in [0, 0.1) is 0 Å². The zero-order chi connectivity index (χ0) is 20.4. The molecule has 0 aliphatic heterocycles. The summed E-state index contributed by atoms with van der Waals surface area (Å²) < 4.78 is 5.55. The molecule has 2 amide bonds. The number of hydrazone groups is 1. The first kappa shape index (κ1) is 21.2. The number of nitrogens with one attached hydrogen (secondary N) is 1. The number of amides is 2. The van der Waals surface area contributed by atoms with Gasteiger partial charge in [0, 0.05) is 13.1 Å².